The third-order valence-electron chi connectivity index (χ3n) is 1.59. The van der Waals surface area contributed by atoms with Gasteiger partial charge in [-0.05, 0) is 25.5 Å². The van der Waals surface area contributed by atoms with Crippen LogP contribution in [-0.2, 0) is 0 Å². The van der Waals surface area contributed by atoms with Crippen LogP contribution < -0.4 is 4.74 Å². The van der Waals surface area contributed by atoms with E-state index < -0.39 is 17.5 Å². The largest absolute Gasteiger partial charge is 0.490 e. The fourth-order valence-electron chi connectivity index (χ4n) is 1.02. The van der Waals surface area contributed by atoms with Gasteiger partial charge in [0.25, 0.3) is 0 Å². The van der Waals surface area contributed by atoms with Crippen LogP contribution in [0.25, 0.3) is 0 Å². The first-order valence-corrected chi connectivity index (χ1v) is 3.84. The number of ether oxygens (including phenoxy) is 1. The molecule has 1 rings (SSSR count). The van der Waals surface area contributed by atoms with E-state index in [4.69, 9.17) is 4.74 Å². The Bertz CT molecular complexity index is 323. The third-order valence-corrected chi connectivity index (χ3v) is 1.59. The molecule has 0 saturated heterocycles. The first kappa shape index (κ1) is 9.89. The second-order valence-electron chi connectivity index (χ2n) is 2.57. The number of aryl methyl sites for hydroxylation is 1. The summed E-state index contributed by atoms with van der Waals surface area (Å²) in [6, 6.07) is 0.906. The highest BCUT2D eigenvalue weighted by Gasteiger charge is 2.17. The predicted octanol–water partition coefficient (Wildman–Crippen LogP) is 2.81. The van der Waals surface area contributed by atoms with Gasteiger partial charge in [-0.2, -0.15) is 4.39 Å². The van der Waals surface area contributed by atoms with E-state index in [1.165, 1.54) is 6.92 Å². The van der Waals surface area contributed by atoms with Gasteiger partial charge in [0.2, 0.25) is 5.82 Å². The van der Waals surface area contributed by atoms with Gasteiger partial charge in [0, 0.05) is 0 Å². The topological polar surface area (TPSA) is 9.23 Å². The molecule has 0 heterocycles. The van der Waals surface area contributed by atoms with Crippen molar-refractivity contribution in [3.63, 3.8) is 0 Å². The fraction of sp³-hybridized carbons (Fsp3) is 0.333. The zero-order valence-electron chi connectivity index (χ0n) is 7.33. The fourth-order valence-corrected chi connectivity index (χ4v) is 1.02. The smallest absolute Gasteiger partial charge is 0.203 e. The van der Waals surface area contributed by atoms with Crippen molar-refractivity contribution in [1.29, 1.82) is 0 Å². The lowest BCUT2D eigenvalue weighted by Crippen LogP contribution is -2.01. The normalized spacial score (nSPS) is 10.2. The molecular formula is C9H9F3O. The first-order chi connectivity index (χ1) is 6.07. The van der Waals surface area contributed by atoms with Gasteiger partial charge in [-0.15, -0.1) is 0 Å². The molecule has 0 radical (unpaired) electrons. The summed E-state index contributed by atoms with van der Waals surface area (Å²) in [5, 5.41) is 0. The van der Waals surface area contributed by atoms with Crippen LogP contribution in [0.3, 0.4) is 0 Å². The summed E-state index contributed by atoms with van der Waals surface area (Å²) in [6.07, 6.45) is 0. The summed E-state index contributed by atoms with van der Waals surface area (Å²) in [5.41, 5.74) is 0.248. The average Bonchev–Trinajstić information content (AvgIpc) is 2.09. The minimum Gasteiger partial charge on any atom is -0.490 e. The maximum absolute atomic E-state index is 13.0. The molecule has 1 nitrogen and oxygen atoms in total. The van der Waals surface area contributed by atoms with E-state index in [1.807, 2.05) is 0 Å². The van der Waals surface area contributed by atoms with E-state index in [0.717, 1.165) is 6.07 Å². The highest BCUT2D eigenvalue weighted by atomic mass is 19.2. The summed E-state index contributed by atoms with van der Waals surface area (Å²) >= 11 is 0. The van der Waals surface area contributed by atoms with Gasteiger partial charge in [-0.3, -0.25) is 0 Å². The van der Waals surface area contributed by atoms with Crippen LogP contribution in [0.5, 0.6) is 5.75 Å². The third kappa shape index (κ3) is 1.76. The van der Waals surface area contributed by atoms with E-state index >= 15 is 0 Å². The number of hydrogen-bond donors (Lipinski definition) is 0. The lowest BCUT2D eigenvalue weighted by Gasteiger charge is -2.08. The summed E-state index contributed by atoms with van der Waals surface area (Å²) < 4.78 is 43.0. The van der Waals surface area contributed by atoms with Crippen molar-refractivity contribution in [2.24, 2.45) is 0 Å². The van der Waals surface area contributed by atoms with E-state index in [1.54, 1.807) is 6.92 Å². The summed E-state index contributed by atoms with van der Waals surface area (Å²) in [7, 11) is 0. The molecule has 0 amide bonds. The van der Waals surface area contributed by atoms with E-state index in [2.05, 4.69) is 0 Å². The molecule has 0 N–H and O–H groups in total. The van der Waals surface area contributed by atoms with E-state index in [9.17, 15) is 13.2 Å². The van der Waals surface area contributed by atoms with Crippen LogP contribution in [-0.4, -0.2) is 6.61 Å². The van der Waals surface area contributed by atoms with E-state index in [-0.39, 0.29) is 17.9 Å². The number of rotatable bonds is 2. The van der Waals surface area contributed by atoms with Gasteiger partial charge in [-0.25, -0.2) is 8.78 Å². The molecule has 72 valence electrons. The summed E-state index contributed by atoms with van der Waals surface area (Å²) in [6.45, 7) is 3.31. The summed E-state index contributed by atoms with van der Waals surface area (Å²) in [4.78, 5) is 0. The van der Waals surface area contributed by atoms with E-state index in [0.29, 0.717) is 0 Å². The molecule has 0 aromatic heterocycles. The SMILES string of the molecule is CCOc1c(C)cc(F)c(F)c1F. The molecular weight excluding hydrogens is 181 g/mol. The van der Waals surface area contributed by atoms with Crippen molar-refractivity contribution in [3.05, 3.63) is 29.1 Å². The van der Waals surface area contributed by atoms with Crippen LogP contribution in [0.15, 0.2) is 6.07 Å². The zero-order valence-corrected chi connectivity index (χ0v) is 7.33. The van der Waals surface area contributed by atoms with Gasteiger partial charge in [0.15, 0.2) is 17.4 Å². The molecule has 0 unspecified atom stereocenters. The van der Waals surface area contributed by atoms with Crippen LogP contribution in [0.1, 0.15) is 12.5 Å². The second kappa shape index (κ2) is 3.68. The Morgan fingerprint density at radius 1 is 1.23 bits per heavy atom. The Kier molecular flexibility index (Phi) is 2.80. The lowest BCUT2D eigenvalue weighted by atomic mass is 10.2. The van der Waals surface area contributed by atoms with Gasteiger partial charge < -0.3 is 4.74 Å². The molecule has 1 aromatic carbocycles. The van der Waals surface area contributed by atoms with Crippen molar-refractivity contribution < 1.29 is 17.9 Å². The van der Waals surface area contributed by atoms with Crippen molar-refractivity contribution in [3.8, 4) is 5.75 Å². The molecule has 0 fully saturated rings. The Morgan fingerprint density at radius 2 is 1.85 bits per heavy atom. The quantitative estimate of drug-likeness (QED) is 0.651. The highest BCUT2D eigenvalue weighted by molar-refractivity contribution is 5.35. The number of halogens is 3. The van der Waals surface area contributed by atoms with Gasteiger partial charge >= 0.3 is 0 Å². The van der Waals surface area contributed by atoms with Gasteiger partial charge in [0.1, 0.15) is 0 Å². The Labute approximate surface area is 74.1 Å². The molecule has 0 aliphatic rings. The summed E-state index contributed by atoms with van der Waals surface area (Å²) in [5.74, 6) is -4.17. The standard InChI is InChI=1S/C9H9F3O/c1-3-13-9-5(2)4-6(10)7(11)8(9)12/h4H,3H2,1-2H3. The minimum absolute atomic E-state index is 0.211. The molecule has 0 saturated carbocycles. The predicted molar refractivity (Wildman–Crippen MR) is 42.2 cm³/mol. The molecule has 1 aromatic rings. The molecule has 0 aliphatic carbocycles. The highest BCUT2D eigenvalue weighted by Crippen LogP contribution is 2.26. The molecule has 0 spiro atoms. The number of benzene rings is 1. The molecule has 0 atom stereocenters. The maximum atomic E-state index is 13.0. The van der Waals surface area contributed by atoms with Crippen LogP contribution in [0.2, 0.25) is 0 Å². The Morgan fingerprint density at radius 3 is 2.38 bits per heavy atom. The van der Waals surface area contributed by atoms with Crippen molar-refractivity contribution >= 4 is 0 Å². The van der Waals surface area contributed by atoms with Crippen molar-refractivity contribution in [2.75, 3.05) is 6.61 Å². The molecule has 4 heteroatoms. The van der Waals surface area contributed by atoms with Crippen LogP contribution in [0.4, 0.5) is 13.2 Å². The van der Waals surface area contributed by atoms with Crippen LogP contribution in [0, 0.1) is 24.4 Å². The Balaban J connectivity index is 3.26. The van der Waals surface area contributed by atoms with Crippen molar-refractivity contribution in [2.45, 2.75) is 13.8 Å². The molecule has 13 heavy (non-hydrogen) atoms. The van der Waals surface area contributed by atoms with Crippen molar-refractivity contribution in [1.82, 2.24) is 0 Å². The number of hydrogen-bond acceptors (Lipinski definition) is 1. The first-order valence-electron chi connectivity index (χ1n) is 3.84. The minimum atomic E-state index is -1.49. The van der Waals surface area contributed by atoms with Crippen LogP contribution >= 0.6 is 0 Å². The van der Waals surface area contributed by atoms with Gasteiger partial charge in [-0.1, -0.05) is 0 Å². The zero-order chi connectivity index (χ0) is 10.0. The monoisotopic (exact) mass is 190 g/mol. The molecule has 0 aliphatic heterocycles. The lowest BCUT2D eigenvalue weighted by molar-refractivity contribution is 0.306. The Hall–Kier alpha value is -1.19. The second-order valence-corrected chi connectivity index (χ2v) is 2.57. The average molecular weight is 190 g/mol. The maximum Gasteiger partial charge on any atom is 0.203 e. The molecule has 0 bridgehead atoms. The van der Waals surface area contributed by atoms with Gasteiger partial charge in [0.05, 0.1) is 6.61 Å².